The molecule has 1 atom stereocenters. The van der Waals surface area contributed by atoms with Crippen LogP contribution in [0.2, 0.25) is 0 Å². The van der Waals surface area contributed by atoms with Gasteiger partial charge in [0.15, 0.2) is 0 Å². The first-order valence-electron chi connectivity index (χ1n) is 6.15. The molecule has 1 nitrogen and oxygen atoms in total. The van der Waals surface area contributed by atoms with E-state index in [1.54, 1.807) is 6.07 Å². The maximum absolute atomic E-state index is 12.9. The molecular formula is C14H15F3O. The van der Waals surface area contributed by atoms with Gasteiger partial charge in [0.25, 0.3) is 0 Å². The Morgan fingerprint density at radius 2 is 1.78 bits per heavy atom. The summed E-state index contributed by atoms with van der Waals surface area (Å²) in [6.07, 6.45) is -0.0192. The number of hydrogen-bond acceptors (Lipinski definition) is 1. The Kier molecular flexibility index (Phi) is 3.73. The standard InChI is InChI=1S/C14H15F3O/c15-14(16,17)13-8-4-3-7-11(13)12(9-18)10-5-1-2-6-10/h3-4,7-10,12H,1-2,5-6H2. The molecule has 1 aromatic carbocycles. The summed E-state index contributed by atoms with van der Waals surface area (Å²) in [4.78, 5) is 11.2. The van der Waals surface area contributed by atoms with Gasteiger partial charge in [-0.25, -0.2) is 0 Å². The molecule has 1 aliphatic rings. The summed E-state index contributed by atoms with van der Waals surface area (Å²) in [6.45, 7) is 0. The molecule has 1 aliphatic carbocycles. The Morgan fingerprint density at radius 1 is 1.17 bits per heavy atom. The van der Waals surface area contributed by atoms with E-state index in [9.17, 15) is 18.0 Å². The van der Waals surface area contributed by atoms with Gasteiger partial charge >= 0.3 is 6.18 Å². The molecule has 0 bridgehead atoms. The van der Waals surface area contributed by atoms with Crippen molar-refractivity contribution in [3.05, 3.63) is 35.4 Å². The van der Waals surface area contributed by atoms with Crippen molar-refractivity contribution in [1.82, 2.24) is 0 Å². The Labute approximate surface area is 104 Å². The second-order valence-electron chi connectivity index (χ2n) is 4.79. The first-order chi connectivity index (χ1) is 8.54. The Hall–Kier alpha value is -1.32. The zero-order valence-electron chi connectivity index (χ0n) is 9.91. The molecule has 0 aliphatic heterocycles. The van der Waals surface area contributed by atoms with E-state index in [0.717, 1.165) is 31.7 Å². The third-order valence-corrected chi connectivity index (χ3v) is 3.68. The monoisotopic (exact) mass is 256 g/mol. The van der Waals surface area contributed by atoms with Crippen molar-refractivity contribution in [2.45, 2.75) is 37.8 Å². The first-order valence-corrected chi connectivity index (χ1v) is 6.15. The van der Waals surface area contributed by atoms with E-state index in [1.807, 2.05) is 0 Å². The molecule has 0 heterocycles. The summed E-state index contributed by atoms with van der Waals surface area (Å²) >= 11 is 0. The highest BCUT2D eigenvalue weighted by Gasteiger charge is 2.37. The lowest BCUT2D eigenvalue weighted by atomic mass is 9.83. The van der Waals surface area contributed by atoms with Gasteiger partial charge in [0.05, 0.1) is 5.56 Å². The number of carbonyl (C=O) groups is 1. The van der Waals surface area contributed by atoms with Crippen molar-refractivity contribution >= 4 is 6.29 Å². The molecular weight excluding hydrogens is 241 g/mol. The zero-order chi connectivity index (χ0) is 13.2. The average Bonchev–Trinajstić information content (AvgIpc) is 2.83. The maximum Gasteiger partial charge on any atom is 0.416 e. The largest absolute Gasteiger partial charge is 0.416 e. The van der Waals surface area contributed by atoms with Crippen molar-refractivity contribution in [3.8, 4) is 0 Å². The van der Waals surface area contributed by atoms with E-state index < -0.39 is 17.7 Å². The quantitative estimate of drug-likeness (QED) is 0.741. The fraction of sp³-hybridized carbons (Fsp3) is 0.500. The summed E-state index contributed by atoms with van der Waals surface area (Å²) in [5.74, 6) is -0.559. The van der Waals surface area contributed by atoms with Crippen LogP contribution >= 0.6 is 0 Å². The molecule has 1 saturated carbocycles. The average molecular weight is 256 g/mol. The molecule has 98 valence electrons. The summed E-state index contributed by atoms with van der Waals surface area (Å²) in [7, 11) is 0. The minimum Gasteiger partial charge on any atom is -0.303 e. The van der Waals surface area contributed by atoms with Crippen molar-refractivity contribution in [2.24, 2.45) is 5.92 Å². The lowest BCUT2D eigenvalue weighted by Crippen LogP contribution is -2.17. The van der Waals surface area contributed by atoms with Crippen LogP contribution in [0.3, 0.4) is 0 Å². The van der Waals surface area contributed by atoms with Crippen LogP contribution in [0.15, 0.2) is 24.3 Å². The third kappa shape index (κ3) is 2.57. The highest BCUT2D eigenvalue weighted by atomic mass is 19.4. The van der Waals surface area contributed by atoms with Crippen LogP contribution in [0.5, 0.6) is 0 Å². The van der Waals surface area contributed by atoms with Gasteiger partial charge in [0.2, 0.25) is 0 Å². The van der Waals surface area contributed by atoms with Crippen LogP contribution in [0.1, 0.15) is 42.7 Å². The fourth-order valence-electron chi connectivity index (χ4n) is 2.80. The van der Waals surface area contributed by atoms with Gasteiger partial charge in [-0.15, -0.1) is 0 Å². The molecule has 0 spiro atoms. The molecule has 1 aromatic rings. The topological polar surface area (TPSA) is 17.1 Å². The van der Waals surface area contributed by atoms with Crippen LogP contribution in [0, 0.1) is 5.92 Å². The molecule has 0 amide bonds. The number of benzene rings is 1. The van der Waals surface area contributed by atoms with E-state index in [1.165, 1.54) is 12.1 Å². The summed E-state index contributed by atoms with van der Waals surface area (Å²) in [6, 6.07) is 5.42. The van der Waals surface area contributed by atoms with Crippen LogP contribution in [0.25, 0.3) is 0 Å². The molecule has 0 radical (unpaired) electrons. The fourth-order valence-corrected chi connectivity index (χ4v) is 2.80. The van der Waals surface area contributed by atoms with Crippen molar-refractivity contribution in [3.63, 3.8) is 0 Å². The lowest BCUT2D eigenvalue weighted by molar-refractivity contribution is -0.138. The van der Waals surface area contributed by atoms with Gasteiger partial charge in [0, 0.05) is 5.92 Å². The number of alkyl halides is 3. The normalized spacial score (nSPS) is 18.8. The van der Waals surface area contributed by atoms with Gasteiger partial charge in [-0.1, -0.05) is 31.0 Å². The lowest BCUT2D eigenvalue weighted by Gasteiger charge is -2.22. The molecule has 4 heteroatoms. The van der Waals surface area contributed by atoms with Crippen molar-refractivity contribution < 1.29 is 18.0 Å². The number of aldehydes is 1. The SMILES string of the molecule is O=CC(c1ccccc1C(F)(F)F)C1CCCC1. The van der Waals surface area contributed by atoms with Crippen LogP contribution in [-0.4, -0.2) is 6.29 Å². The van der Waals surface area contributed by atoms with Crippen LogP contribution in [0.4, 0.5) is 13.2 Å². The summed E-state index contributed by atoms with van der Waals surface area (Å²) in [5, 5.41) is 0. The van der Waals surface area contributed by atoms with E-state index in [2.05, 4.69) is 0 Å². The van der Waals surface area contributed by atoms with E-state index in [4.69, 9.17) is 0 Å². The van der Waals surface area contributed by atoms with Gasteiger partial charge in [0.1, 0.15) is 6.29 Å². The Bertz CT molecular complexity index is 419. The number of hydrogen-bond donors (Lipinski definition) is 0. The van der Waals surface area contributed by atoms with Gasteiger partial charge < -0.3 is 4.79 Å². The van der Waals surface area contributed by atoms with Crippen LogP contribution in [-0.2, 0) is 11.0 Å². The number of halogens is 3. The minimum absolute atomic E-state index is 0.0611. The number of carbonyl (C=O) groups excluding carboxylic acids is 1. The molecule has 0 aromatic heterocycles. The summed E-state index contributed by atoms with van der Waals surface area (Å²) < 4.78 is 38.7. The van der Waals surface area contributed by atoms with Crippen LogP contribution < -0.4 is 0 Å². The second-order valence-corrected chi connectivity index (χ2v) is 4.79. The van der Waals surface area contributed by atoms with E-state index >= 15 is 0 Å². The third-order valence-electron chi connectivity index (χ3n) is 3.68. The molecule has 2 rings (SSSR count). The highest BCUT2D eigenvalue weighted by Crippen LogP contribution is 2.41. The highest BCUT2D eigenvalue weighted by molar-refractivity contribution is 5.64. The van der Waals surface area contributed by atoms with Gasteiger partial charge in [-0.3, -0.25) is 0 Å². The molecule has 1 unspecified atom stereocenters. The summed E-state index contributed by atoms with van der Waals surface area (Å²) in [5.41, 5.74) is -0.541. The Balaban J connectivity index is 2.38. The molecule has 0 N–H and O–H groups in total. The van der Waals surface area contributed by atoms with Gasteiger partial charge in [-0.05, 0) is 30.4 Å². The van der Waals surface area contributed by atoms with Crippen molar-refractivity contribution in [1.29, 1.82) is 0 Å². The molecule has 18 heavy (non-hydrogen) atoms. The second kappa shape index (κ2) is 5.12. The zero-order valence-corrected chi connectivity index (χ0v) is 9.91. The first kappa shape index (κ1) is 13.1. The van der Waals surface area contributed by atoms with E-state index in [0.29, 0.717) is 6.29 Å². The molecule has 1 fully saturated rings. The minimum atomic E-state index is -4.39. The Morgan fingerprint density at radius 3 is 2.33 bits per heavy atom. The van der Waals surface area contributed by atoms with E-state index in [-0.39, 0.29) is 11.5 Å². The predicted octanol–water partition coefficient (Wildman–Crippen LogP) is 4.18. The van der Waals surface area contributed by atoms with Gasteiger partial charge in [-0.2, -0.15) is 13.2 Å². The maximum atomic E-state index is 12.9. The molecule has 0 saturated heterocycles. The predicted molar refractivity (Wildman–Crippen MR) is 62.2 cm³/mol. The smallest absolute Gasteiger partial charge is 0.303 e. The van der Waals surface area contributed by atoms with Crippen molar-refractivity contribution in [2.75, 3.05) is 0 Å². The number of rotatable bonds is 3.